The molecule has 0 radical (unpaired) electrons. The largest absolute Gasteiger partial charge is 0.399 e. The van der Waals surface area contributed by atoms with Gasteiger partial charge in [-0.1, -0.05) is 33.1 Å². The summed E-state index contributed by atoms with van der Waals surface area (Å²) in [6.45, 7) is 4.56. The molecule has 1 aromatic heterocycles. The van der Waals surface area contributed by atoms with E-state index in [1.165, 1.54) is 56.3 Å². The molecule has 0 spiro atoms. The first-order valence-electron chi connectivity index (χ1n) is 8.52. The fourth-order valence-electron chi connectivity index (χ4n) is 3.32. The Morgan fingerprint density at radius 1 is 1.24 bits per heavy atom. The zero-order valence-electron chi connectivity index (χ0n) is 13.3. The van der Waals surface area contributed by atoms with Crippen LogP contribution >= 0.6 is 0 Å². The van der Waals surface area contributed by atoms with Crippen LogP contribution in [0.15, 0.2) is 18.2 Å². The molecule has 1 atom stereocenters. The fraction of sp³-hybridized carbons (Fsp3) is 0.611. The first-order chi connectivity index (χ1) is 10.2. The van der Waals surface area contributed by atoms with Crippen molar-refractivity contribution >= 4 is 16.7 Å². The van der Waals surface area contributed by atoms with Gasteiger partial charge >= 0.3 is 0 Å². The molecular formula is C18H27N3. The van der Waals surface area contributed by atoms with E-state index in [2.05, 4.69) is 24.5 Å². The van der Waals surface area contributed by atoms with Crippen LogP contribution in [0.3, 0.4) is 0 Å². The maximum Gasteiger partial charge on any atom is 0.113 e. The maximum atomic E-state index is 5.94. The highest BCUT2D eigenvalue weighted by molar-refractivity contribution is 5.80. The summed E-state index contributed by atoms with van der Waals surface area (Å²) in [5.41, 5.74) is 9.11. The highest BCUT2D eigenvalue weighted by Gasteiger charge is 2.31. The van der Waals surface area contributed by atoms with E-state index in [9.17, 15) is 0 Å². The lowest BCUT2D eigenvalue weighted by atomic mass is 10.0. The highest BCUT2D eigenvalue weighted by Crippen LogP contribution is 2.43. The molecule has 0 amide bonds. The van der Waals surface area contributed by atoms with Crippen LogP contribution < -0.4 is 5.73 Å². The number of nitrogens with two attached hydrogens (primary N) is 1. The van der Waals surface area contributed by atoms with Crippen molar-refractivity contribution in [3.05, 3.63) is 24.0 Å². The number of nitrogen functional groups attached to an aromatic ring is 1. The Labute approximate surface area is 127 Å². The summed E-state index contributed by atoms with van der Waals surface area (Å²) < 4.78 is 2.55. The van der Waals surface area contributed by atoms with Gasteiger partial charge in [-0.25, -0.2) is 4.98 Å². The number of imidazole rings is 1. The van der Waals surface area contributed by atoms with E-state index in [4.69, 9.17) is 10.7 Å². The van der Waals surface area contributed by atoms with Crippen molar-refractivity contribution in [3.63, 3.8) is 0 Å². The molecule has 1 unspecified atom stereocenters. The van der Waals surface area contributed by atoms with Gasteiger partial charge in [-0.15, -0.1) is 0 Å². The van der Waals surface area contributed by atoms with Gasteiger partial charge in [0.25, 0.3) is 0 Å². The van der Waals surface area contributed by atoms with Crippen LogP contribution in [-0.2, 0) is 0 Å². The Morgan fingerprint density at radius 2 is 2.05 bits per heavy atom. The lowest BCUT2D eigenvalue weighted by Gasteiger charge is -2.21. The molecule has 3 rings (SSSR count). The van der Waals surface area contributed by atoms with Crippen LogP contribution in [0.25, 0.3) is 11.0 Å². The number of benzene rings is 1. The predicted molar refractivity (Wildman–Crippen MR) is 89.6 cm³/mol. The first kappa shape index (κ1) is 14.4. The van der Waals surface area contributed by atoms with Crippen LogP contribution in [-0.4, -0.2) is 9.55 Å². The standard InChI is InChI=1S/C18H27N3/c1-3-5-7-15(6-4-2)21-17-11-10-14(19)12-16(17)20-18(21)13-8-9-13/h10-13,15H,3-9,19H2,1-2H3. The van der Waals surface area contributed by atoms with Crippen LogP contribution in [0.4, 0.5) is 5.69 Å². The average Bonchev–Trinajstić information content (AvgIpc) is 3.25. The molecule has 0 bridgehead atoms. The minimum atomic E-state index is 0.596. The van der Waals surface area contributed by atoms with E-state index < -0.39 is 0 Å². The molecule has 3 heteroatoms. The molecule has 1 aliphatic rings. The molecule has 1 fully saturated rings. The average molecular weight is 285 g/mol. The second kappa shape index (κ2) is 6.08. The van der Waals surface area contributed by atoms with Gasteiger partial charge in [0.1, 0.15) is 5.82 Å². The third-order valence-electron chi connectivity index (χ3n) is 4.56. The molecule has 1 heterocycles. The number of nitrogens with zero attached hydrogens (tertiary/aromatic N) is 2. The minimum Gasteiger partial charge on any atom is -0.399 e. The number of hydrogen-bond donors (Lipinski definition) is 1. The van der Waals surface area contributed by atoms with Crippen molar-refractivity contribution in [3.8, 4) is 0 Å². The van der Waals surface area contributed by atoms with Crippen molar-refractivity contribution in [2.24, 2.45) is 0 Å². The second-order valence-corrected chi connectivity index (χ2v) is 6.45. The van der Waals surface area contributed by atoms with E-state index in [1.807, 2.05) is 12.1 Å². The fourth-order valence-corrected chi connectivity index (χ4v) is 3.32. The van der Waals surface area contributed by atoms with Gasteiger partial charge in [-0.2, -0.15) is 0 Å². The Morgan fingerprint density at radius 3 is 2.71 bits per heavy atom. The maximum absolute atomic E-state index is 5.94. The molecule has 0 saturated heterocycles. The minimum absolute atomic E-state index is 0.596. The smallest absolute Gasteiger partial charge is 0.113 e. The molecule has 114 valence electrons. The topological polar surface area (TPSA) is 43.8 Å². The van der Waals surface area contributed by atoms with Gasteiger partial charge in [0.2, 0.25) is 0 Å². The summed E-state index contributed by atoms with van der Waals surface area (Å²) in [6.07, 6.45) is 8.89. The molecule has 3 nitrogen and oxygen atoms in total. The van der Waals surface area contributed by atoms with Gasteiger partial charge in [0.05, 0.1) is 11.0 Å². The van der Waals surface area contributed by atoms with Gasteiger partial charge in [0, 0.05) is 17.6 Å². The van der Waals surface area contributed by atoms with E-state index >= 15 is 0 Å². The molecular weight excluding hydrogens is 258 g/mol. The van der Waals surface area contributed by atoms with Crippen LogP contribution in [0.5, 0.6) is 0 Å². The van der Waals surface area contributed by atoms with Gasteiger partial charge in [-0.3, -0.25) is 0 Å². The van der Waals surface area contributed by atoms with E-state index in [1.54, 1.807) is 0 Å². The normalized spacial score (nSPS) is 16.5. The van der Waals surface area contributed by atoms with E-state index in [-0.39, 0.29) is 0 Å². The number of anilines is 1. The molecule has 21 heavy (non-hydrogen) atoms. The lowest BCUT2D eigenvalue weighted by molar-refractivity contribution is 0.414. The lowest BCUT2D eigenvalue weighted by Crippen LogP contribution is -2.12. The van der Waals surface area contributed by atoms with Crippen molar-refractivity contribution in [1.82, 2.24) is 9.55 Å². The van der Waals surface area contributed by atoms with Crippen molar-refractivity contribution in [2.45, 2.75) is 70.8 Å². The van der Waals surface area contributed by atoms with Crippen LogP contribution in [0, 0.1) is 0 Å². The van der Waals surface area contributed by atoms with Gasteiger partial charge in [-0.05, 0) is 43.9 Å². The number of hydrogen-bond acceptors (Lipinski definition) is 2. The quantitative estimate of drug-likeness (QED) is 0.725. The molecule has 1 aromatic carbocycles. The monoisotopic (exact) mass is 285 g/mol. The van der Waals surface area contributed by atoms with E-state index in [0.29, 0.717) is 12.0 Å². The van der Waals surface area contributed by atoms with Crippen LogP contribution in [0.2, 0.25) is 0 Å². The number of aromatic nitrogens is 2. The van der Waals surface area contributed by atoms with Crippen LogP contribution in [0.1, 0.15) is 76.6 Å². The molecule has 1 aliphatic carbocycles. The molecule has 0 aliphatic heterocycles. The zero-order valence-corrected chi connectivity index (χ0v) is 13.3. The SMILES string of the molecule is CCCCC(CCC)n1c(C2CC2)nc2cc(N)ccc21. The van der Waals surface area contributed by atoms with Crippen molar-refractivity contribution in [1.29, 1.82) is 0 Å². The summed E-state index contributed by atoms with van der Waals surface area (Å²) in [5, 5.41) is 0. The predicted octanol–water partition coefficient (Wildman–Crippen LogP) is 5.03. The summed E-state index contributed by atoms with van der Waals surface area (Å²) >= 11 is 0. The first-order valence-corrected chi connectivity index (χ1v) is 8.52. The molecule has 2 N–H and O–H groups in total. The van der Waals surface area contributed by atoms with Crippen molar-refractivity contribution in [2.75, 3.05) is 5.73 Å². The summed E-state index contributed by atoms with van der Waals surface area (Å²) in [7, 11) is 0. The van der Waals surface area contributed by atoms with Gasteiger partial charge in [0.15, 0.2) is 0 Å². The number of fused-ring (bicyclic) bond motifs is 1. The Balaban J connectivity index is 2.06. The van der Waals surface area contributed by atoms with E-state index in [0.717, 1.165) is 11.2 Å². The molecule has 1 saturated carbocycles. The summed E-state index contributed by atoms with van der Waals surface area (Å²) in [4.78, 5) is 4.93. The summed E-state index contributed by atoms with van der Waals surface area (Å²) in [5.74, 6) is 1.99. The second-order valence-electron chi connectivity index (χ2n) is 6.45. The Bertz CT molecular complexity index is 610. The Hall–Kier alpha value is -1.51. The Kier molecular flexibility index (Phi) is 4.18. The number of unbranched alkanes of at least 4 members (excludes halogenated alkanes) is 1. The molecule has 2 aromatic rings. The third-order valence-corrected chi connectivity index (χ3v) is 4.56. The number of rotatable bonds is 7. The third kappa shape index (κ3) is 2.92. The zero-order chi connectivity index (χ0) is 14.8. The van der Waals surface area contributed by atoms with Crippen molar-refractivity contribution < 1.29 is 0 Å². The summed E-state index contributed by atoms with van der Waals surface area (Å²) in [6, 6.07) is 6.80. The van der Waals surface area contributed by atoms with Gasteiger partial charge < -0.3 is 10.3 Å². The highest BCUT2D eigenvalue weighted by atomic mass is 15.1.